The van der Waals surface area contributed by atoms with E-state index in [-0.39, 0.29) is 18.6 Å². The molecule has 0 aromatic carbocycles. The summed E-state index contributed by atoms with van der Waals surface area (Å²) < 4.78 is 9.88. The molecule has 22 heavy (non-hydrogen) atoms. The number of ketones is 1. The first-order valence-electron chi connectivity index (χ1n) is 6.14. The number of methoxy groups -OCH3 is 1. The Morgan fingerprint density at radius 1 is 1.59 bits per heavy atom. The molecule has 10 heteroatoms. The summed E-state index contributed by atoms with van der Waals surface area (Å²) in [5.41, 5.74) is 8.20. The van der Waals surface area contributed by atoms with Crippen LogP contribution < -0.4 is 5.32 Å². The molecule has 0 unspecified atom stereocenters. The van der Waals surface area contributed by atoms with Gasteiger partial charge in [-0.05, 0) is 6.42 Å². The van der Waals surface area contributed by atoms with Gasteiger partial charge in [-0.15, -0.1) is 0 Å². The van der Waals surface area contributed by atoms with Gasteiger partial charge in [0.2, 0.25) is 5.78 Å². The Kier molecular flexibility index (Phi) is 6.61. The summed E-state index contributed by atoms with van der Waals surface area (Å²) in [6.45, 7) is 0. The second-order valence-electron chi connectivity index (χ2n) is 4.17. The third-order valence-corrected chi connectivity index (χ3v) is 2.68. The number of rotatable bonds is 9. The third-order valence-electron chi connectivity index (χ3n) is 2.68. The Morgan fingerprint density at radius 3 is 2.82 bits per heavy atom. The van der Waals surface area contributed by atoms with Crippen LogP contribution in [0, 0.1) is 0 Å². The predicted molar refractivity (Wildman–Crippen MR) is 69.7 cm³/mol. The lowest BCUT2D eigenvalue weighted by atomic mass is 10.1. The summed E-state index contributed by atoms with van der Waals surface area (Å²) in [5, 5.41) is 11.3. The highest BCUT2D eigenvalue weighted by Crippen LogP contribution is 2.16. The third kappa shape index (κ3) is 4.93. The number of aromatic nitrogens is 1. The zero-order chi connectivity index (χ0) is 16.5. The van der Waals surface area contributed by atoms with E-state index in [1.807, 2.05) is 0 Å². The van der Waals surface area contributed by atoms with Crippen LogP contribution in [-0.4, -0.2) is 51.9 Å². The molecule has 118 valence electrons. The van der Waals surface area contributed by atoms with Crippen LogP contribution in [0.3, 0.4) is 0 Å². The van der Waals surface area contributed by atoms with Crippen LogP contribution in [0.4, 0.5) is 0 Å². The number of carboxylic acids is 1. The van der Waals surface area contributed by atoms with Crippen LogP contribution in [0.2, 0.25) is 0 Å². The Morgan fingerprint density at radius 2 is 2.32 bits per heavy atom. The van der Waals surface area contributed by atoms with Crippen molar-refractivity contribution in [1.82, 2.24) is 10.3 Å². The summed E-state index contributed by atoms with van der Waals surface area (Å²) in [6, 6.07) is -1.30. The van der Waals surface area contributed by atoms with Crippen molar-refractivity contribution < 1.29 is 33.4 Å². The smallest absolute Gasteiger partial charge is 0.326 e. The van der Waals surface area contributed by atoms with Gasteiger partial charge in [0.1, 0.15) is 6.04 Å². The number of nitrogens with zero attached hydrogens (tertiary/aromatic N) is 3. The highest BCUT2D eigenvalue weighted by molar-refractivity contribution is 6.25. The molecule has 2 atom stereocenters. The molecule has 0 aliphatic heterocycles. The van der Waals surface area contributed by atoms with Gasteiger partial charge in [0.15, 0.2) is 18.3 Å². The van der Waals surface area contributed by atoms with E-state index < -0.39 is 29.8 Å². The number of ether oxygens (including phenoxy) is 1. The number of carbonyl (C=O) groups excluding carboxylic acids is 2. The summed E-state index contributed by atoms with van der Waals surface area (Å²) in [7, 11) is 1.25. The molecule has 2 N–H and O–H groups in total. The average molecular weight is 310 g/mol. The van der Waals surface area contributed by atoms with Crippen molar-refractivity contribution >= 4 is 23.9 Å². The maximum atomic E-state index is 12.0. The van der Waals surface area contributed by atoms with E-state index in [0.717, 1.165) is 6.39 Å². The number of hydrogen-bond acceptors (Lipinski definition) is 6. The van der Waals surface area contributed by atoms with E-state index in [2.05, 4.69) is 15.1 Å². The number of hydrogen-bond donors (Lipinski definition) is 2. The maximum absolute atomic E-state index is 12.0. The Labute approximate surface area is 124 Å². The summed E-state index contributed by atoms with van der Waals surface area (Å²) >= 11 is 0. The second kappa shape index (κ2) is 8.45. The SMILES string of the molecule is CO[C@@H](C(=O)N[C@@H](CCC(=O)C=[N+]=[N-])C(=O)O)c1cnco1. The molecule has 0 fully saturated rings. The van der Waals surface area contributed by atoms with Crippen molar-refractivity contribution in [3.63, 3.8) is 0 Å². The topological polar surface area (TPSA) is 155 Å². The molecule has 1 aromatic heterocycles. The highest BCUT2D eigenvalue weighted by Gasteiger charge is 2.28. The van der Waals surface area contributed by atoms with Gasteiger partial charge in [-0.1, -0.05) is 0 Å². The lowest BCUT2D eigenvalue weighted by Gasteiger charge is -2.17. The van der Waals surface area contributed by atoms with Crippen LogP contribution in [0.5, 0.6) is 0 Å². The Bertz CT molecular complexity index is 578. The molecule has 0 aliphatic rings. The van der Waals surface area contributed by atoms with E-state index in [1.54, 1.807) is 0 Å². The maximum Gasteiger partial charge on any atom is 0.326 e. The largest absolute Gasteiger partial charge is 0.480 e. The molecule has 0 saturated heterocycles. The fourth-order valence-corrected chi connectivity index (χ4v) is 1.63. The van der Waals surface area contributed by atoms with Gasteiger partial charge in [-0.2, -0.15) is 4.79 Å². The lowest BCUT2D eigenvalue weighted by molar-refractivity contribution is -0.144. The summed E-state index contributed by atoms with van der Waals surface area (Å²) in [4.78, 5) is 40.5. The van der Waals surface area contributed by atoms with Crippen molar-refractivity contribution in [2.24, 2.45) is 0 Å². The van der Waals surface area contributed by atoms with Gasteiger partial charge in [-0.3, -0.25) is 9.59 Å². The van der Waals surface area contributed by atoms with Gasteiger partial charge in [0.05, 0.1) is 6.20 Å². The van der Waals surface area contributed by atoms with Gasteiger partial charge in [0, 0.05) is 13.5 Å². The molecular weight excluding hydrogens is 296 g/mol. The van der Waals surface area contributed by atoms with Crippen molar-refractivity contribution in [3.8, 4) is 0 Å². The zero-order valence-corrected chi connectivity index (χ0v) is 11.6. The van der Waals surface area contributed by atoms with Crippen molar-refractivity contribution in [2.45, 2.75) is 25.0 Å². The normalized spacial score (nSPS) is 12.8. The fraction of sp³-hybridized carbons (Fsp3) is 0.417. The van der Waals surface area contributed by atoms with Crippen LogP contribution in [0.15, 0.2) is 17.0 Å². The van der Waals surface area contributed by atoms with Crippen LogP contribution in [0.25, 0.3) is 5.53 Å². The van der Waals surface area contributed by atoms with E-state index in [9.17, 15) is 14.4 Å². The Hall–Kier alpha value is -2.84. The molecule has 0 bridgehead atoms. The first-order valence-corrected chi connectivity index (χ1v) is 6.14. The molecule has 1 heterocycles. The standard InChI is InChI=1S/C12H14N4O6/c1-21-10(9-5-14-6-22-9)11(18)16-8(12(19)20)3-2-7(17)4-15-13/h4-6,8,10H,2-3H2,1H3,(H,16,18)(H,19,20)/t8-,10+/m0/s1. The van der Waals surface area contributed by atoms with Gasteiger partial charge in [0.25, 0.3) is 5.91 Å². The number of carbonyl (C=O) groups is 3. The van der Waals surface area contributed by atoms with E-state index in [0.29, 0.717) is 6.21 Å². The number of carboxylic acid groups (broad SMARTS) is 1. The zero-order valence-electron chi connectivity index (χ0n) is 11.6. The van der Waals surface area contributed by atoms with Crippen LogP contribution in [0.1, 0.15) is 24.7 Å². The molecule has 0 radical (unpaired) electrons. The van der Waals surface area contributed by atoms with Gasteiger partial charge in [-0.25, -0.2) is 9.78 Å². The molecule has 0 aliphatic carbocycles. The van der Waals surface area contributed by atoms with Crippen LogP contribution >= 0.6 is 0 Å². The Balaban J connectivity index is 2.69. The molecule has 10 nitrogen and oxygen atoms in total. The molecular formula is C12H14N4O6. The van der Waals surface area contributed by atoms with E-state index in [1.165, 1.54) is 13.3 Å². The number of oxazole rings is 1. The van der Waals surface area contributed by atoms with Crippen LogP contribution in [-0.2, 0) is 19.1 Å². The van der Waals surface area contributed by atoms with E-state index >= 15 is 0 Å². The number of nitrogens with one attached hydrogen (secondary N) is 1. The second-order valence-corrected chi connectivity index (χ2v) is 4.17. The average Bonchev–Trinajstić information content (AvgIpc) is 2.98. The lowest BCUT2D eigenvalue weighted by Crippen LogP contribution is -2.43. The summed E-state index contributed by atoms with van der Waals surface area (Å²) in [5.74, 6) is -2.50. The monoisotopic (exact) mass is 310 g/mol. The molecule has 0 spiro atoms. The number of amides is 1. The number of Topliss-reactive ketones (excluding diaryl/α,β-unsaturated/α-hetero) is 1. The van der Waals surface area contributed by atoms with Crippen molar-refractivity contribution in [2.75, 3.05) is 7.11 Å². The van der Waals surface area contributed by atoms with Gasteiger partial charge < -0.3 is 25.1 Å². The first-order chi connectivity index (χ1) is 10.5. The van der Waals surface area contributed by atoms with Crippen molar-refractivity contribution in [3.05, 3.63) is 23.9 Å². The highest BCUT2D eigenvalue weighted by atomic mass is 16.5. The molecule has 1 amide bonds. The van der Waals surface area contributed by atoms with Gasteiger partial charge >= 0.3 is 12.2 Å². The van der Waals surface area contributed by atoms with E-state index in [4.69, 9.17) is 19.8 Å². The quantitative estimate of drug-likeness (QED) is 0.356. The summed E-state index contributed by atoms with van der Waals surface area (Å²) in [6.07, 6.45) is 1.51. The number of aliphatic carboxylic acids is 1. The molecule has 1 aromatic rings. The minimum Gasteiger partial charge on any atom is -0.480 e. The molecule has 1 rings (SSSR count). The minimum absolute atomic E-state index is 0.118. The predicted octanol–water partition coefficient (Wildman–Crippen LogP) is -0.419. The van der Waals surface area contributed by atoms with Crippen molar-refractivity contribution in [1.29, 1.82) is 0 Å². The first kappa shape index (κ1) is 17.2. The fourth-order valence-electron chi connectivity index (χ4n) is 1.63. The molecule has 0 saturated carbocycles. The minimum atomic E-state index is -1.31.